The molecule has 29 heavy (non-hydrogen) atoms. The minimum Gasteiger partial charge on any atom is -0.348 e. The van der Waals surface area contributed by atoms with E-state index in [2.05, 4.69) is 15.6 Å². The van der Waals surface area contributed by atoms with Gasteiger partial charge in [0.2, 0.25) is 0 Å². The molecule has 3 aromatic rings. The van der Waals surface area contributed by atoms with Crippen LogP contribution < -0.4 is 10.6 Å². The normalized spacial score (nSPS) is 11.0. The molecule has 0 radical (unpaired) electrons. The first kappa shape index (κ1) is 20.1. The van der Waals surface area contributed by atoms with Crippen molar-refractivity contribution in [1.82, 2.24) is 10.3 Å². The minimum absolute atomic E-state index is 0.105. The molecule has 0 saturated carbocycles. The van der Waals surface area contributed by atoms with Crippen molar-refractivity contribution in [3.8, 4) is 0 Å². The molecular weight excluding hydrogens is 383 g/mol. The quantitative estimate of drug-likeness (QED) is 0.673. The van der Waals surface area contributed by atoms with E-state index in [0.717, 1.165) is 29.8 Å². The summed E-state index contributed by atoms with van der Waals surface area (Å²) in [7, 11) is 0. The molecule has 2 aromatic carbocycles. The second-order valence-corrected chi connectivity index (χ2v) is 6.15. The molecule has 0 aliphatic carbocycles. The fourth-order valence-corrected chi connectivity index (χ4v) is 2.55. The number of carbonyl (C=O) groups excluding carboxylic acids is 2. The number of alkyl halides is 3. The van der Waals surface area contributed by atoms with Crippen LogP contribution in [0.4, 0.5) is 18.9 Å². The van der Waals surface area contributed by atoms with Gasteiger partial charge in [-0.2, -0.15) is 13.2 Å². The molecule has 0 aliphatic rings. The highest BCUT2D eigenvalue weighted by Crippen LogP contribution is 2.29. The highest BCUT2D eigenvalue weighted by molar-refractivity contribution is 6.04. The molecular formula is C21H16F3N3O2. The molecule has 0 bridgehead atoms. The number of hydrogen-bond donors (Lipinski definition) is 2. The Balaban J connectivity index is 1.62. The summed E-state index contributed by atoms with van der Waals surface area (Å²) in [6.07, 6.45) is -1.43. The largest absolute Gasteiger partial charge is 0.416 e. The zero-order valence-corrected chi connectivity index (χ0v) is 15.0. The van der Waals surface area contributed by atoms with Crippen LogP contribution in [0.15, 0.2) is 73.1 Å². The van der Waals surface area contributed by atoms with E-state index in [1.807, 2.05) is 0 Å². The topological polar surface area (TPSA) is 71.1 Å². The van der Waals surface area contributed by atoms with Gasteiger partial charge in [-0.05, 0) is 54.1 Å². The summed E-state index contributed by atoms with van der Waals surface area (Å²) >= 11 is 0. The molecule has 0 aliphatic heterocycles. The van der Waals surface area contributed by atoms with Gasteiger partial charge in [0.25, 0.3) is 11.8 Å². The van der Waals surface area contributed by atoms with Gasteiger partial charge in [-0.15, -0.1) is 0 Å². The van der Waals surface area contributed by atoms with Crippen LogP contribution in [0.25, 0.3) is 0 Å². The second-order valence-electron chi connectivity index (χ2n) is 6.15. The fourth-order valence-electron chi connectivity index (χ4n) is 2.55. The van der Waals surface area contributed by atoms with Gasteiger partial charge in [-0.3, -0.25) is 14.6 Å². The van der Waals surface area contributed by atoms with Crippen LogP contribution in [0.1, 0.15) is 31.8 Å². The van der Waals surface area contributed by atoms with E-state index in [-0.39, 0.29) is 18.0 Å². The molecule has 0 saturated heterocycles. The monoisotopic (exact) mass is 399 g/mol. The first-order chi connectivity index (χ1) is 13.8. The van der Waals surface area contributed by atoms with E-state index < -0.39 is 17.6 Å². The highest BCUT2D eigenvalue weighted by Gasteiger charge is 2.30. The van der Waals surface area contributed by atoms with Crippen LogP contribution in [0.5, 0.6) is 0 Å². The van der Waals surface area contributed by atoms with Crippen molar-refractivity contribution in [2.24, 2.45) is 0 Å². The molecule has 1 aromatic heterocycles. The first-order valence-corrected chi connectivity index (χ1v) is 8.59. The van der Waals surface area contributed by atoms with Crippen LogP contribution in [0.2, 0.25) is 0 Å². The van der Waals surface area contributed by atoms with Gasteiger partial charge in [0.05, 0.1) is 11.1 Å². The van der Waals surface area contributed by atoms with Crippen molar-refractivity contribution in [2.75, 3.05) is 5.32 Å². The lowest BCUT2D eigenvalue weighted by molar-refractivity contribution is -0.137. The molecule has 1 heterocycles. The van der Waals surface area contributed by atoms with Crippen LogP contribution in [0.3, 0.4) is 0 Å². The van der Waals surface area contributed by atoms with E-state index in [1.165, 1.54) is 6.20 Å². The Bertz CT molecular complexity index is 1000. The number of anilines is 1. The van der Waals surface area contributed by atoms with E-state index in [4.69, 9.17) is 0 Å². The number of rotatable bonds is 5. The molecule has 3 rings (SSSR count). The standard InChI is InChI=1S/C21H16F3N3O2/c22-21(23,24)17-8-6-15(7-9-17)20(29)27-18-5-1-3-14(11-18)12-26-19(28)16-4-2-10-25-13-16/h1-11,13H,12H2,(H,26,28)(H,27,29). The van der Waals surface area contributed by atoms with Crippen molar-refractivity contribution < 1.29 is 22.8 Å². The molecule has 0 fully saturated rings. The maximum atomic E-state index is 12.6. The Morgan fingerprint density at radius 1 is 0.897 bits per heavy atom. The molecule has 0 spiro atoms. The number of pyridine rings is 1. The van der Waals surface area contributed by atoms with Crippen LogP contribution in [-0.2, 0) is 12.7 Å². The van der Waals surface area contributed by atoms with Crippen LogP contribution in [0, 0.1) is 0 Å². The zero-order chi connectivity index (χ0) is 20.9. The van der Waals surface area contributed by atoms with Crippen molar-refractivity contribution in [3.63, 3.8) is 0 Å². The van der Waals surface area contributed by atoms with Crippen molar-refractivity contribution >= 4 is 17.5 Å². The summed E-state index contributed by atoms with van der Waals surface area (Å²) in [5, 5.41) is 5.38. The van der Waals surface area contributed by atoms with Crippen molar-refractivity contribution in [1.29, 1.82) is 0 Å². The highest BCUT2D eigenvalue weighted by atomic mass is 19.4. The number of nitrogens with zero attached hydrogens (tertiary/aromatic N) is 1. The Labute approximate surface area is 164 Å². The molecule has 0 atom stereocenters. The average Bonchev–Trinajstić information content (AvgIpc) is 2.72. The van der Waals surface area contributed by atoms with E-state index >= 15 is 0 Å². The molecule has 2 N–H and O–H groups in total. The van der Waals surface area contributed by atoms with Gasteiger partial charge in [-0.1, -0.05) is 12.1 Å². The number of halogens is 3. The number of carbonyl (C=O) groups is 2. The lowest BCUT2D eigenvalue weighted by Gasteiger charge is -2.10. The van der Waals surface area contributed by atoms with Gasteiger partial charge in [0.1, 0.15) is 0 Å². The Hall–Kier alpha value is -3.68. The molecule has 148 valence electrons. The molecule has 5 nitrogen and oxygen atoms in total. The van der Waals surface area contributed by atoms with E-state index in [0.29, 0.717) is 11.3 Å². The Kier molecular flexibility index (Phi) is 5.92. The summed E-state index contributed by atoms with van der Waals surface area (Å²) < 4.78 is 37.8. The molecule has 0 unspecified atom stereocenters. The minimum atomic E-state index is -4.45. The molecule has 2 amide bonds. The number of amides is 2. The average molecular weight is 399 g/mol. The third-order valence-corrected chi connectivity index (χ3v) is 4.04. The van der Waals surface area contributed by atoms with Gasteiger partial charge >= 0.3 is 6.18 Å². The lowest BCUT2D eigenvalue weighted by atomic mass is 10.1. The summed E-state index contributed by atoms with van der Waals surface area (Å²) in [6, 6.07) is 14.1. The van der Waals surface area contributed by atoms with Gasteiger partial charge in [-0.25, -0.2) is 0 Å². The maximum absolute atomic E-state index is 12.6. The zero-order valence-electron chi connectivity index (χ0n) is 15.0. The third-order valence-electron chi connectivity index (χ3n) is 4.04. The maximum Gasteiger partial charge on any atom is 0.416 e. The van der Waals surface area contributed by atoms with Gasteiger partial charge in [0.15, 0.2) is 0 Å². The summed E-state index contributed by atoms with van der Waals surface area (Å²) in [5.41, 5.74) is 0.920. The van der Waals surface area contributed by atoms with Gasteiger partial charge in [0, 0.05) is 30.2 Å². The Morgan fingerprint density at radius 2 is 1.66 bits per heavy atom. The smallest absolute Gasteiger partial charge is 0.348 e. The number of aromatic nitrogens is 1. The summed E-state index contributed by atoms with van der Waals surface area (Å²) in [6.45, 7) is 0.234. The van der Waals surface area contributed by atoms with Gasteiger partial charge < -0.3 is 10.6 Å². The predicted molar refractivity (Wildman–Crippen MR) is 101 cm³/mol. The summed E-state index contributed by atoms with van der Waals surface area (Å²) in [5.74, 6) is -0.812. The fraction of sp³-hybridized carbons (Fsp3) is 0.0952. The van der Waals surface area contributed by atoms with Crippen LogP contribution >= 0.6 is 0 Å². The predicted octanol–water partition coefficient (Wildman–Crippen LogP) is 4.28. The molecule has 8 heteroatoms. The summed E-state index contributed by atoms with van der Waals surface area (Å²) in [4.78, 5) is 28.2. The lowest BCUT2D eigenvalue weighted by Crippen LogP contribution is -2.23. The van der Waals surface area contributed by atoms with Crippen molar-refractivity contribution in [3.05, 3.63) is 95.3 Å². The third kappa shape index (κ3) is 5.41. The van der Waals surface area contributed by atoms with Crippen LogP contribution in [-0.4, -0.2) is 16.8 Å². The van der Waals surface area contributed by atoms with Crippen molar-refractivity contribution in [2.45, 2.75) is 12.7 Å². The number of nitrogens with one attached hydrogen (secondary N) is 2. The SMILES string of the molecule is O=C(NCc1cccc(NC(=O)c2ccc(C(F)(F)F)cc2)c1)c1cccnc1. The second kappa shape index (κ2) is 8.55. The number of hydrogen-bond acceptors (Lipinski definition) is 3. The first-order valence-electron chi connectivity index (χ1n) is 8.59. The Morgan fingerprint density at radius 3 is 2.31 bits per heavy atom. The van der Waals surface area contributed by atoms with E-state index in [1.54, 1.807) is 42.6 Å². The number of benzene rings is 2. The van der Waals surface area contributed by atoms with E-state index in [9.17, 15) is 22.8 Å².